The van der Waals surface area contributed by atoms with Crippen LogP contribution in [0.5, 0.6) is 0 Å². The van der Waals surface area contributed by atoms with Crippen molar-refractivity contribution in [2.75, 3.05) is 18.1 Å². The lowest BCUT2D eigenvalue weighted by Gasteiger charge is -2.25. The number of aromatic amines is 1. The first-order valence-electron chi connectivity index (χ1n) is 6.28. The average Bonchev–Trinajstić information content (AvgIpc) is 2.73. The van der Waals surface area contributed by atoms with Crippen LogP contribution in [-0.2, 0) is 19.9 Å². The summed E-state index contributed by atoms with van der Waals surface area (Å²) in [6, 6.07) is 0.484. The molecule has 1 aliphatic heterocycles. The van der Waals surface area contributed by atoms with E-state index >= 15 is 0 Å². The molecule has 0 radical (unpaired) electrons. The van der Waals surface area contributed by atoms with Gasteiger partial charge in [-0.1, -0.05) is 18.5 Å². The van der Waals surface area contributed by atoms with Crippen LogP contribution in [0.1, 0.15) is 13.3 Å². The van der Waals surface area contributed by atoms with E-state index in [1.807, 2.05) is 0 Å². The van der Waals surface area contributed by atoms with Gasteiger partial charge in [-0.3, -0.25) is 4.79 Å². The van der Waals surface area contributed by atoms with Crippen LogP contribution in [0, 0.1) is 0 Å². The Balaban J connectivity index is 2.40. The highest BCUT2D eigenvalue weighted by atomic mass is 35.5. The summed E-state index contributed by atoms with van der Waals surface area (Å²) in [6.07, 6.45) is 1.34. The lowest BCUT2D eigenvalue weighted by atomic mass is 10.3. The van der Waals surface area contributed by atoms with E-state index in [1.54, 1.807) is 6.92 Å². The van der Waals surface area contributed by atoms with Crippen molar-refractivity contribution >= 4 is 31.5 Å². The minimum atomic E-state index is -3.91. The molecule has 2 heterocycles. The van der Waals surface area contributed by atoms with E-state index in [9.17, 15) is 21.6 Å². The fraction of sp³-hybridized carbons (Fsp3) is 0.545. The number of nitrogens with zero attached hydrogens (tertiary/aromatic N) is 1. The molecule has 0 spiro atoms. The number of hydrogen-bond acceptors (Lipinski definition) is 5. The lowest BCUT2D eigenvalue weighted by molar-refractivity contribution is 0.354. The normalized spacial score (nSPS) is 21.8. The molecule has 1 N–H and O–H groups in total. The molecule has 1 unspecified atom stereocenters. The number of rotatable bonds is 4. The Morgan fingerprint density at radius 1 is 1.48 bits per heavy atom. The van der Waals surface area contributed by atoms with Gasteiger partial charge in [0.15, 0.2) is 9.84 Å². The van der Waals surface area contributed by atoms with Crippen molar-refractivity contribution in [3.05, 3.63) is 27.6 Å². The molecule has 1 aromatic rings. The zero-order valence-corrected chi connectivity index (χ0v) is 13.6. The molecule has 118 valence electrons. The van der Waals surface area contributed by atoms with Gasteiger partial charge in [0, 0.05) is 18.8 Å². The SMILES string of the molecule is CCN(C1CCS(=O)(=O)C1)S(=O)(=O)c1c[nH]c(=O)c(Cl)c1. The van der Waals surface area contributed by atoms with Crippen LogP contribution in [0.4, 0.5) is 0 Å². The Morgan fingerprint density at radius 2 is 2.14 bits per heavy atom. The predicted octanol–water partition coefficient (Wildman–Crippen LogP) is 0.226. The molecular formula is C11H15ClN2O5S2. The summed E-state index contributed by atoms with van der Waals surface area (Å²) < 4.78 is 49.4. The molecule has 0 bridgehead atoms. The van der Waals surface area contributed by atoms with Crippen molar-refractivity contribution in [3.63, 3.8) is 0 Å². The molecule has 7 nitrogen and oxygen atoms in total. The van der Waals surface area contributed by atoms with Gasteiger partial charge in [0.1, 0.15) is 5.02 Å². The number of aromatic nitrogens is 1. The molecule has 0 amide bonds. The van der Waals surface area contributed by atoms with E-state index in [0.717, 1.165) is 16.6 Å². The number of pyridine rings is 1. The Kier molecular flexibility index (Phi) is 4.48. The summed E-state index contributed by atoms with van der Waals surface area (Å²) in [6.45, 7) is 1.77. The molecule has 0 saturated carbocycles. The van der Waals surface area contributed by atoms with Crippen molar-refractivity contribution in [3.8, 4) is 0 Å². The van der Waals surface area contributed by atoms with Crippen molar-refractivity contribution < 1.29 is 16.8 Å². The Hall–Kier alpha value is -0.900. The molecule has 0 aromatic carbocycles. The maximum atomic E-state index is 12.6. The van der Waals surface area contributed by atoms with Crippen LogP contribution in [-0.4, -0.2) is 50.2 Å². The minimum absolute atomic E-state index is 0.0178. The topological polar surface area (TPSA) is 104 Å². The van der Waals surface area contributed by atoms with E-state index in [4.69, 9.17) is 11.6 Å². The Labute approximate surface area is 127 Å². The van der Waals surface area contributed by atoms with Gasteiger partial charge in [0.2, 0.25) is 10.0 Å². The minimum Gasteiger partial charge on any atom is -0.326 e. The summed E-state index contributed by atoms with van der Waals surface area (Å²) in [5.41, 5.74) is -0.581. The number of hydrogen-bond donors (Lipinski definition) is 1. The summed E-state index contributed by atoms with van der Waals surface area (Å²) in [7, 11) is -7.11. The van der Waals surface area contributed by atoms with Gasteiger partial charge in [-0.15, -0.1) is 0 Å². The fourth-order valence-corrected chi connectivity index (χ4v) is 6.07. The summed E-state index contributed by atoms with van der Waals surface area (Å²) in [5.74, 6) is -0.201. The van der Waals surface area contributed by atoms with Crippen molar-refractivity contribution in [1.29, 1.82) is 0 Å². The monoisotopic (exact) mass is 354 g/mol. The van der Waals surface area contributed by atoms with Gasteiger partial charge in [-0.25, -0.2) is 16.8 Å². The van der Waals surface area contributed by atoms with E-state index < -0.39 is 31.5 Å². The maximum Gasteiger partial charge on any atom is 0.266 e. The lowest BCUT2D eigenvalue weighted by Crippen LogP contribution is -2.41. The fourth-order valence-electron chi connectivity index (χ4n) is 2.35. The van der Waals surface area contributed by atoms with E-state index in [-0.39, 0.29) is 34.4 Å². The van der Waals surface area contributed by atoms with Crippen LogP contribution >= 0.6 is 11.6 Å². The molecule has 1 saturated heterocycles. The Morgan fingerprint density at radius 3 is 2.62 bits per heavy atom. The molecule has 0 aliphatic carbocycles. The second-order valence-electron chi connectivity index (χ2n) is 4.78. The second-order valence-corrected chi connectivity index (χ2v) is 9.30. The zero-order chi connectivity index (χ0) is 15.8. The van der Waals surface area contributed by atoms with Crippen LogP contribution in [0.25, 0.3) is 0 Å². The Bertz CT molecular complexity index is 800. The number of sulfonamides is 1. The van der Waals surface area contributed by atoms with Gasteiger partial charge in [-0.2, -0.15) is 4.31 Å². The van der Waals surface area contributed by atoms with Gasteiger partial charge >= 0.3 is 0 Å². The number of H-pyrrole nitrogens is 1. The first-order chi connectivity index (χ1) is 9.67. The van der Waals surface area contributed by atoms with Gasteiger partial charge < -0.3 is 4.98 Å². The van der Waals surface area contributed by atoms with Gasteiger partial charge in [0.25, 0.3) is 5.56 Å². The maximum absolute atomic E-state index is 12.6. The van der Waals surface area contributed by atoms with Crippen molar-refractivity contribution in [2.24, 2.45) is 0 Å². The molecular weight excluding hydrogens is 340 g/mol. The standard InChI is InChI=1S/C11H15ClN2O5S2/c1-2-14(8-3-4-20(16,17)7-8)21(18,19)9-5-10(12)11(15)13-6-9/h5-6,8H,2-4,7H2,1H3,(H,13,15). The highest BCUT2D eigenvalue weighted by Gasteiger charge is 2.38. The molecule has 10 heteroatoms. The van der Waals surface area contributed by atoms with Crippen molar-refractivity contribution in [1.82, 2.24) is 9.29 Å². The van der Waals surface area contributed by atoms with Crippen LogP contribution < -0.4 is 5.56 Å². The first kappa shape index (κ1) is 16.5. The third-order valence-corrected chi connectivity index (χ3v) is 7.40. The largest absolute Gasteiger partial charge is 0.326 e. The quantitative estimate of drug-likeness (QED) is 0.833. The molecule has 2 rings (SSSR count). The van der Waals surface area contributed by atoms with Crippen LogP contribution in [0.15, 0.2) is 22.0 Å². The van der Waals surface area contributed by atoms with E-state index in [1.165, 1.54) is 0 Å². The third-order valence-electron chi connectivity index (χ3n) is 3.37. The van der Waals surface area contributed by atoms with Crippen LogP contribution in [0.2, 0.25) is 5.02 Å². The molecule has 1 atom stereocenters. The number of halogens is 1. The zero-order valence-electron chi connectivity index (χ0n) is 11.2. The molecule has 1 aromatic heterocycles. The first-order valence-corrected chi connectivity index (χ1v) is 9.92. The summed E-state index contributed by atoms with van der Waals surface area (Å²) >= 11 is 5.65. The van der Waals surface area contributed by atoms with E-state index in [0.29, 0.717) is 0 Å². The summed E-state index contributed by atoms with van der Waals surface area (Å²) in [5, 5.41) is -0.230. The average molecular weight is 355 g/mol. The molecule has 1 aliphatic rings. The highest BCUT2D eigenvalue weighted by Crippen LogP contribution is 2.24. The number of sulfone groups is 1. The smallest absolute Gasteiger partial charge is 0.266 e. The third kappa shape index (κ3) is 3.31. The van der Waals surface area contributed by atoms with Crippen LogP contribution in [0.3, 0.4) is 0 Å². The van der Waals surface area contributed by atoms with E-state index in [2.05, 4.69) is 4.98 Å². The molecule has 1 fully saturated rings. The van der Waals surface area contributed by atoms with Crippen molar-refractivity contribution in [2.45, 2.75) is 24.3 Å². The highest BCUT2D eigenvalue weighted by molar-refractivity contribution is 7.92. The number of nitrogens with one attached hydrogen (secondary N) is 1. The molecule has 21 heavy (non-hydrogen) atoms. The predicted molar refractivity (Wildman–Crippen MR) is 78.7 cm³/mol. The summed E-state index contributed by atoms with van der Waals surface area (Å²) in [4.78, 5) is 13.3. The van der Waals surface area contributed by atoms with Gasteiger partial charge in [0.05, 0.1) is 16.4 Å². The second kappa shape index (κ2) is 5.71. The van der Waals surface area contributed by atoms with Gasteiger partial charge in [-0.05, 0) is 12.5 Å².